The van der Waals surface area contributed by atoms with Gasteiger partial charge in [0.05, 0.1) is 23.3 Å². The summed E-state index contributed by atoms with van der Waals surface area (Å²) in [6.45, 7) is 1.63. The van der Waals surface area contributed by atoms with Crippen LogP contribution in [0, 0.1) is 12.7 Å². The number of likely N-dealkylation sites (N-methyl/N-ethyl adjacent to an activating group) is 1. The van der Waals surface area contributed by atoms with Gasteiger partial charge in [0.15, 0.2) is 0 Å². The van der Waals surface area contributed by atoms with E-state index in [1.165, 1.54) is 50.2 Å². The number of fused-ring (bicyclic) bond motifs is 1. The summed E-state index contributed by atoms with van der Waals surface area (Å²) in [5.74, 6) is -2.55. The topological polar surface area (TPSA) is 95.7 Å². The molecule has 1 aromatic heterocycles. The molecule has 0 radical (unpaired) electrons. The Labute approximate surface area is 179 Å². The predicted octanol–water partition coefficient (Wildman–Crippen LogP) is 3.39. The van der Waals surface area contributed by atoms with Gasteiger partial charge in [-0.15, -0.1) is 0 Å². The lowest BCUT2D eigenvalue weighted by molar-refractivity contribution is -0.245. The summed E-state index contributed by atoms with van der Waals surface area (Å²) in [5, 5.41) is 16.4. The number of benzene rings is 2. The Morgan fingerprint density at radius 2 is 1.88 bits per heavy atom. The second-order valence-corrected chi connectivity index (χ2v) is 7.09. The minimum Gasteiger partial charge on any atom is -0.371 e. The van der Waals surface area contributed by atoms with Gasteiger partial charge in [-0.25, -0.2) is 9.18 Å². The molecule has 1 unspecified atom stereocenters. The van der Waals surface area contributed by atoms with Gasteiger partial charge in [0, 0.05) is 17.6 Å². The third-order valence-electron chi connectivity index (χ3n) is 4.99. The number of hydrogen-bond donors (Lipinski definition) is 2. The van der Waals surface area contributed by atoms with Crippen LogP contribution in [0.3, 0.4) is 0 Å². The van der Waals surface area contributed by atoms with Gasteiger partial charge in [0.1, 0.15) is 5.82 Å². The Kier molecular flexibility index (Phi) is 6.22. The van der Waals surface area contributed by atoms with Gasteiger partial charge in [-0.05, 0) is 44.2 Å². The lowest BCUT2D eigenvalue weighted by Gasteiger charge is -2.35. The molecule has 1 heterocycles. The first kappa shape index (κ1) is 23.2. The van der Waals surface area contributed by atoms with Crippen LogP contribution in [0.15, 0.2) is 51.8 Å². The highest BCUT2D eigenvalue weighted by molar-refractivity contribution is 6.00. The molecule has 170 valence electrons. The van der Waals surface area contributed by atoms with Crippen LogP contribution in [0.5, 0.6) is 0 Å². The SMILES string of the molecule is CCN(CC(O)(C(=O)Nc1ccc2c(=O)onc(C)c2c1)C(F)(F)F)c1ccccc1F. The molecule has 1 amide bonds. The van der Waals surface area contributed by atoms with Crippen molar-refractivity contribution in [2.75, 3.05) is 23.3 Å². The molecule has 0 aliphatic heterocycles. The Balaban J connectivity index is 1.96. The Morgan fingerprint density at radius 3 is 2.50 bits per heavy atom. The first-order valence-corrected chi connectivity index (χ1v) is 9.48. The fourth-order valence-electron chi connectivity index (χ4n) is 3.18. The molecule has 0 bridgehead atoms. The van der Waals surface area contributed by atoms with E-state index in [4.69, 9.17) is 0 Å². The molecular weight excluding hydrogens is 434 g/mol. The molecule has 1 atom stereocenters. The summed E-state index contributed by atoms with van der Waals surface area (Å²) in [6.07, 6.45) is -5.37. The molecule has 32 heavy (non-hydrogen) atoms. The smallest absolute Gasteiger partial charge is 0.371 e. The van der Waals surface area contributed by atoms with Crippen molar-refractivity contribution in [3.63, 3.8) is 0 Å². The number of halogens is 4. The number of nitrogens with one attached hydrogen (secondary N) is 1. The molecule has 11 heteroatoms. The average molecular weight is 453 g/mol. The molecule has 0 aliphatic rings. The maximum absolute atomic E-state index is 14.1. The zero-order valence-corrected chi connectivity index (χ0v) is 17.0. The number of anilines is 2. The van der Waals surface area contributed by atoms with E-state index >= 15 is 0 Å². The number of aryl methyl sites for hydroxylation is 1. The summed E-state index contributed by atoms with van der Waals surface area (Å²) in [7, 11) is 0. The van der Waals surface area contributed by atoms with Crippen molar-refractivity contribution in [1.82, 2.24) is 5.16 Å². The fraction of sp³-hybridized carbons (Fsp3) is 0.286. The second kappa shape index (κ2) is 8.58. The molecule has 2 N–H and O–H groups in total. The molecule has 0 aliphatic carbocycles. The third-order valence-corrected chi connectivity index (χ3v) is 4.99. The molecule has 0 saturated carbocycles. The highest BCUT2D eigenvalue weighted by atomic mass is 19.4. The van der Waals surface area contributed by atoms with Crippen LogP contribution in [0.1, 0.15) is 12.6 Å². The first-order valence-electron chi connectivity index (χ1n) is 9.48. The van der Waals surface area contributed by atoms with Crippen LogP contribution in [0.2, 0.25) is 0 Å². The number of nitrogens with zero attached hydrogens (tertiary/aromatic N) is 2. The van der Waals surface area contributed by atoms with E-state index in [2.05, 4.69) is 9.68 Å². The first-order chi connectivity index (χ1) is 15.0. The predicted molar refractivity (Wildman–Crippen MR) is 109 cm³/mol. The van der Waals surface area contributed by atoms with Gasteiger partial charge in [-0.2, -0.15) is 13.2 Å². The van der Waals surface area contributed by atoms with Gasteiger partial charge in [0.2, 0.25) is 0 Å². The summed E-state index contributed by atoms with van der Waals surface area (Å²) in [5.41, 5.74) is -4.63. The highest BCUT2D eigenvalue weighted by Gasteiger charge is 2.60. The monoisotopic (exact) mass is 453 g/mol. The minimum absolute atomic E-state index is 0.102. The van der Waals surface area contributed by atoms with E-state index in [0.29, 0.717) is 0 Å². The van der Waals surface area contributed by atoms with Crippen molar-refractivity contribution in [3.8, 4) is 0 Å². The molecule has 2 aromatic carbocycles. The van der Waals surface area contributed by atoms with Gasteiger partial charge in [-0.1, -0.05) is 17.3 Å². The number of para-hydroxylation sites is 1. The van der Waals surface area contributed by atoms with Crippen LogP contribution in [-0.4, -0.2) is 41.0 Å². The Bertz CT molecular complexity index is 1210. The third kappa shape index (κ3) is 4.28. The summed E-state index contributed by atoms with van der Waals surface area (Å²) in [6, 6.07) is 8.81. The maximum Gasteiger partial charge on any atom is 0.428 e. The second-order valence-electron chi connectivity index (χ2n) is 7.09. The van der Waals surface area contributed by atoms with E-state index in [1.54, 1.807) is 0 Å². The fourth-order valence-corrected chi connectivity index (χ4v) is 3.18. The number of rotatable bonds is 6. The van der Waals surface area contributed by atoms with Crippen molar-refractivity contribution < 1.29 is 32.0 Å². The Morgan fingerprint density at radius 1 is 1.19 bits per heavy atom. The zero-order chi connectivity index (χ0) is 23.7. The largest absolute Gasteiger partial charge is 0.428 e. The van der Waals surface area contributed by atoms with E-state index in [9.17, 15) is 32.3 Å². The number of alkyl halides is 3. The van der Waals surface area contributed by atoms with Crippen LogP contribution < -0.4 is 15.8 Å². The molecule has 0 saturated heterocycles. The summed E-state index contributed by atoms with van der Waals surface area (Å²) >= 11 is 0. The van der Waals surface area contributed by atoms with Crippen molar-refractivity contribution in [1.29, 1.82) is 0 Å². The van der Waals surface area contributed by atoms with Gasteiger partial charge < -0.3 is 19.8 Å². The molecule has 0 spiro atoms. The van der Waals surface area contributed by atoms with Crippen molar-refractivity contribution in [3.05, 3.63) is 64.4 Å². The van der Waals surface area contributed by atoms with Crippen LogP contribution in [-0.2, 0) is 4.79 Å². The molecular formula is C21H19F4N3O4. The van der Waals surface area contributed by atoms with Crippen LogP contribution in [0.25, 0.3) is 10.8 Å². The number of carbonyl (C=O) groups is 1. The lowest BCUT2D eigenvalue weighted by atomic mass is 10.00. The number of hydrogen-bond acceptors (Lipinski definition) is 6. The Hall–Kier alpha value is -3.47. The van der Waals surface area contributed by atoms with Gasteiger partial charge in [-0.3, -0.25) is 4.79 Å². The normalized spacial score (nSPS) is 13.6. The van der Waals surface area contributed by atoms with E-state index in [0.717, 1.165) is 11.0 Å². The van der Waals surface area contributed by atoms with Crippen LogP contribution >= 0.6 is 0 Å². The van der Waals surface area contributed by atoms with Crippen molar-refractivity contribution >= 4 is 28.1 Å². The minimum atomic E-state index is -5.37. The van der Waals surface area contributed by atoms with E-state index < -0.39 is 35.7 Å². The molecule has 0 fully saturated rings. The quantitative estimate of drug-likeness (QED) is 0.556. The van der Waals surface area contributed by atoms with Gasteiger partial charge >= 0.3 is 11.8 Å². The zero-order valence-electron chi connectivity index (χ0n) is 17.0. The van der Waals surface area contributed by atoms with E-state index in [-0.39, 0.29) is 34.4 Å². The number of amides is 1. The summed E-state index contributed by atoms with van der Waals surface area (Å²) in [4.78, 5) is 25.3. The standard InChI is InChI=1S/C21H19F4N3O4/c1-3-28(17-7-5-4-6-16(17)22)11-20(31,21(23,24)25)19(30)26-13-8-9-14-15(10-13)12(2)27-32-18(14)29/h4-10,31H,3,11H2,1-2H3,(H,26,30). The number of carbonyl (C=O) groups excluding carboxylic acids is 1. The van der Waals surface area contributed by atoms with Crippen molar-refractivity contribution in [2.24, 2.45) is 0 Å². The molecule has 7 nitrogen and oxygen atoms in total. The number of aliphatic hydroxyl groups is 1. The molecule has 3 rings (SSSR count). The lowest BCUT2D eigenvalue weighted by Crippen LogP contribution is -2.61. The highest BCUT2D eigenvalue weighted by Crippen LogP contribution is 2.34. The maximum atomic E-state index is 14.1. The number of aromatic nitrogens is 1. The summed E-state index contributed by atoms with van der Waals surface area (Å²) < 4.78 is 60.2. The van der Waals surface area contributed by atoms with Crippen LogP contribution in [0.4, 0.5) is 28.9 Å². The van der Waals surface area contributed by atoms with Gasteiger partial charge in [0.25, 0.3) is 11.5 Å². The average Bonchev–Trinajstić information content (AvgIpc) is 2.74. The molecule has 3 aromatic rings. The van der Waals surface area contributed by atoms with E-state index in [1.807, 2.05) is 5.32 Å². The van der Waals surface area contributed by atoms with Crippen molar-refractivity contribution in [2.45, 2.75) is 25.6 Å².